The van der Waals surface area contributed by atoms with Gasteiger partial charge in [-0.2, -0.15) is 0 Å². The van der Waals surface area contributed by atoms with Crippen molar-refractivity contribution in [1.29, 1.82) is 0 Å². The van der Waals surface area contributed by atoms with Crippen LogP contribution < -0.4 is 11.1 Å². The molecule has 1 aliphatic heterocycles. The molecule has 5 rings (SSSR count). The molecule has 1 saturated heterocycles. The molecule has 0 spiro atoms. The van der Waals surface area contributed by atoms with E-state index < -0.39 is 6.04 Å². The maximum absolute atomic E-state index is 13.5. The Morgan fingerprint density at radius 2 is 1.83 bits per heavy atom. The number of carbonyl (C=O) groups excluding carboxylic acids is 2. The van der Waals surface area contributed by atoms with E-state index in [0.717, 1.165) is 32.2 Å². The van der Waals surface area contributed by atoms with E-state index in [2.05, 4.69) is 46.4 Å². The lowest BCUT2D eigenvalue weighted by Gasteiger charge is -2.30. The molecule has 7 heteroatoms. The zero-order valence-corrected chi connectivity index (χ0v) is 20.6. The number of nitrogens with one attached hydrogen (secondary N) is 1. The average Bonchev–Trinajstić information content (AvgIpc) is 3.62. The fourth-order valence-electron chi connectivity index (χ4n) is 5.69. The summed E-state index contributed by atoms with van der Waals surface area (Å²) in [6, 6.07) is 12.6. The van der Waals surface area contributed by atoms with Crippen molar-refractivity contribution in [2.24, 2.45) is 5.73 Å². The Kier molecular flexibility index (Phi) is 7.16. The number of likely N-dealkylation sites (tertiary alicyclic amines) is 1. The number of nitrogens with two attached hydrogens (primary N) is 1. The topological polar surface area (TPSA) is 91.6 Å². The van der Waals surface area contributed by atoms with Crippen LogP contribution in [0, 0.1) is 6.92 Å². The van der Waals surface area contributed by atoms with Crippen LogP contribution >= 0.6 is 0 Å². The number of hydrogen-bond donors (Lipinski definition) is 2. The lowest BCUT2D eigenvalue weighted by atomic mass is 9.91. The summed E-state index contributed by atoms with van der Waals surface area (Å²) >= 11 is 0. The largest absolute Gasteiger partial charge is 0.352 e. The van der Waals surface area contributed by atoms with E-state index in [4.69, 9.17) is 5.73 Å². The van der Waals surface area contributed by atoms with Gasteiger partial charge in [-0.25, -0.2) is 0 Å². The Morgan fingerprint density at radius 3 is 2.51 bits per heavy atom. The van der Waals surface area contributed by atoms with Gasteiger partial charge in [-0.3, -0.25) is 19.5 Å². The Bertz CT molecular complexity index is 1030. The zero-order valence-electron chi connectivity index (χ0n) is 20.6. The van der Waals surface area contributed by atoms with Crippen molar-refractivity contribution in [3.63, 3.8) is 0 Å². The number of hydrogen-bond acceptors (Lipinski definition) is 5. The van der Waals surface area contributed by atoms with Crippen LogP contribution in [0.25, 0.3) is 0 Å². The number of aromatic nitrogens is 1. The van der Waals surface area contributed by atoms with Gasteiger partial charge >= 0.3 is 0 Å². The lowest BCUT2D eigenvalue weighted by Crippen LogP contribution is -2.50. The predicted octanol–water partition coefficient (Wildman–Crippen LogP) is 3.02. The summed E-state index contributed by atoms with van der Waals surface area (Å²) in [5.41, 5.74) is 9.19. The standard InChI is InChI=1S/C28H37N5O2/c1-19-5-2-3-6-21(19)17-32(24-12-13-24)25-15-26(27(34)31-23-10-8-22(29)9-11-23)33(18-25)28(35)20-7-4-14-30-16-20/h2-7,14,16,22-26H,8-13,15,17-18,29H2,1H3,(H,31,34). The Labute approximate surface area is 208 Å². The predicted molar refractivity (Wildman–Crippen MR) is 136 cm³/mol. The van der Waals surface area contributed by atoms with Gasteiger partial charge in [0.05, 0.1) is 5.56 Å². The molecule has 35 heavy (non-hydrogen) atoms. The first-order valence-electron chi connectivity index (χ1n) is 13.1. The molecule has 2 aliphatic carbocycles. The number of amides is 2. The average molecular weight is 476 g/mol. The summed E-state index contributed by atoms with van der Waals surface area (Å²) in [5, 5.41) is 3.26. The van der Waals surface area contributed by atoms with Gasteiger partial charge in [0.1, 0.15) is 6.04 Å². The normalized spacial score (nSPS) is 26.7. The van der Waals surface area contributed by atoms with Crippen molar-refractivity contribution in [3.8, 4) is 0 Å². The van der Waals surface area contributed by atoms with Crippen molar-refractivity contribution in [2.45, 2.75) is 88.6 Å². The number of nitrogens with zero attached hydrogens (tertiary/aromatic N) is 3. The molecule has 2 atom stereocenters. The van der Waals surface area contributed by atoms with Gasteiger partial charge in [-0.1, -0.05) is 24.3 Å². The van der Waals surface area contributed by atoms with Gasteiger partial charge < -0.3 is 16.0 Å². The summed E-state index contributed by atoms with van der Waals surface area (Å²) < 4.78 is 0. The molecule has 2 saturated carbocycles. The van der Waals surface area contributed by atoms with Crippen molar-refractivity contribution >= 4 is 11.8 Å². The van der Waals surface area contributed by atoms with Crippen LogP contribution in [0.1, 0.15) is 66.4 Å². The molecule has 1 aromatic carbocycles. The smallest absolute Gasteiger partial charge is 0.256 e. The molecular formula is C28H37N5O2. The second kappa shape index (κ2) is 10.5. The third-order valence-electron chi connectivity index (χ3n) is 7.97. The minimum absolute atomic E-state index is 0.0307. The molecule has 2 aromatic rings. The Balaban J connectivity index is 1.36. The summed E-state index contributed by atoms with van der Waals surface area (Å²) in [4.78, 5) is 35.5. The highest BCUT2D eigenvalue weighted by Gasteiger charge is 2.45. The molecule has 2 heterocycles. The first-order chi connectivity index (χ1) is 17.0. The van der Waals surface area contributed by atoms with Gasteiger partial charge in [-0.05, 0) is 75.1 Å². The summed E-state index contributed by atoms with van der Waals surface area (Å²) in [6.07, 6.45) is 9.95. The Hall–Kier alpha value is -2.77. The highest BCUT2D eigenvalue weighted by atomic mass is 16.2. The lowest BCUT2D eigenvalue weighted by molar-refractivity contribution is -0.125. The summed E-state index contributed by atoms with van der Waals surface area (Å²) in [7, 11) is 0. The number of aryl methyl sites for hydroxylation is 1. The van der Waals surface area contributed by atoms with Crippen molar-refractivity contribution in [3.05, 3.63) is 65.5 Å². The molecule has 1 aromatic heterocycles. The Morgan fingerprint density at radius 1 is 1.06 bits per heavy atom. The van der Waals surface area contributed by atoms with Crippen molar-refractivity contribution in [2.75, 3.05) is 6.54 Å². The molecule has 0 bridgehead atoms. The maximum atomic E-state index is 13.5. The first kappa shape index (κ1) is 23.9. The van der Waals surface area contributed by atoms with Gasteiger partial charge in [0.2, 0.25) is 5.91 Å². The van der Waals surface area contributed by atoms with Crippen LogP contribution in [-0.4, -0.2) is 63.4 Å². The molecule has 3 N–H and O–H groups in total. The molecule has 0 radical (unpaired) electrons. The summed E-state index contributed by atoms with van der Waals surface area (Å²) in [6.45, 7) is 3.56. The number of carbonyl (C=O) groups is 2. The fourth-order valence-corrected chi connectivity index (χ4v) is 5.69. The SMILES string of the molecule is Cc1ccccc1CN(C1CC1)C1CC(C(=O)NC2CCC(N)CC2)N(C(=O)c2cccnc2)C1. The van der Waals surface area contributed by atoms with E-state index >= 15 is 0 Å². The van der Waals surface area contributed by atoms with E-state index in [-0.39, 0.29) is 29.9 Å². The monoisotopic (exact) mass is 475 g/mol. The molecule has 7 nitrogen and oxygen atoms in total. The van der Waals surface area contributed by atoms with Crippen LogP contribution in [0.15, 0.2) is 48.8 Å². The minimum Gasteiger partial charge on any atom is -0.352 e. The van der Waals surface area contributed by atoms with E-state index in [0.29, 0.717) is 24.6 Å². The first-order valence-corrected chi connectivity index (χ1v) is 13.1. The highest BCUT2D eigenvalue weighted by Crippen LogP contribution is 2.35. The zero-order chi connectivity index (χ0) is 24.4. The molecule has 3 fully saturated rings. The van der Waals surface area contributed by atoms with E-state index in [1.54, 1.807) is 29.4 Å². The van der Waals surface area contributed by atoms with Crippen LogP contribution in [-0.2, 0) is 11.3 Å². The maximum Gasteiger partial charge on any atom is 0.256 e. The second-order valence-corrected chi connectivity index (χ2v) is 10.6. The number of benzene rings is 1. The van der Waals surface area contributed by atoms with Gasteiger partial charge in [0.15, 0.2) is 0 Å². The molecule has 2 amide bonds. The van der Waals surface area contributed by atoms with E-state index in [1.807, 2.05) is 0 Å². The molecule has 3 aliphatic rings. The van der Waals surface area contributed by atoms with Crippen LogP contribution in [0.3, 0.4) is 0 Å². The van der Waals surface area contributed by atoms with Crippen molar-refractivity contribution < 1.29 is 9.59 Å². The quantitative estimate of drug-likeness (QED) is 0.642. The third-order valence-corrected chi connectivity index (χ3v) is 7.97. The van der Waals surface area contributed by atoms with Crippen LogP contribution in [0.2, 0.25) is 0 Å². The molecule has 186 valence electrons. The van der Waals surface area contributed by atoms with Crippen LogP contribution in [0.4, 0.5) is 0 Å². The van der Waals surface area contributed by atoms with Gasteiger partial charge in [0, 0.05) is 49.7 Å². The van der Waals surface area contributed by atoms with Crippen LogP contribution in [0.5, 0.6) is 0 Å². The van der Waals surface area contributed by atoms with E-state index in [9.17, 15) is 9.59 Å². The third kappa shape index (κ3) is 5.57. The second-order valence-electron chi connectivity index (χ2n) is 10.6. The number of pyridine rings is 1. The fraction of sp³-hybridized carbons (Fsp3) is 0.536. The van der Waals surface area contributed by atoms with Gasteiger partial charge in [0.25, 0.3) is 5.91 Å². The molecular weight excluding hydrogens is 438 g/mol. The number of rotatable bonds is 7. The summed E-state index contributed by atoms with van der Waals surface area (Å²) in [5.74, 6) is -0.144. The minimum atomic E-state index is -0.471. The highest BCUT2D eigenvalue weighted by molar-refractivity contribution is 5.97. The van der Waals surface area contributed by atoms with E-state index in [1.165, 1.54) is 24.0 Å². The van der Waals surface area contributed by atoms with Gasteiger partial charge in [-0.15, -0.1) is 0 Å². The van der Waals surface area contributed by atoms with Crippen molar-refractivity contribution in [1.82, 2.24) is 20.1 Å². The molecule has 2 unspecified atom stereocenters.